The van der Waals surface area contributed by atoms with Crippen molar-refractivity contribution >= 4 is 23.2 Å². The van der Waals surface area contributed by atoms with Crippen molar-refractivity contribution in [3.05, 3.63) is 81.5 Å². The third-order valence-corrected chi connectivity index (χ3v) is 7.72. The minimum atomic E-state index is -0.663. The third-order valence-electron chi connectivity index (χ3n) is 6.55. The third kappa shape index (κ3) is 4.55. The van der Waals surface area contributed by atoms with Gasteiger partial charge in [-0.15, -0.1) is 11.3 Å². The van der Waals surface area contributed by atoms with E-state index < -0.39 is 5.54 Å². The molecule has 0 aliphatic carbocycles. The fourth-order valence-electron chi connectivity index (χ4n) is 4.45. The van der Waals surface area contributed by atoms with Crippen LogP contribution >= 0.6 is 11.3 Å². The number of carbonyl (C=O) groups excluding carboxylic acids is 1. The molecule has 1 saturated heterocycles. The van der Waals surface area contributed by atoms with E-state index >= 15 is 0 Å². The van der Waals surface area contributed by atoms with Crippen LogP contribution in [0.3, 0.4) is 0 Å². The number of thiophene rings is 1. The first kappa shape index (κ1) is 22.8. The number of amides is 1. The zero-order valence-electron chi connectivity index (χ0n) is 19.2. The minimum absolute atomic E-state index is 0.0217. The maximum absolute atomic E-state index is 13.3. The molecule has 2 aromatic carbocycles. The van der Waals surface area contributed by atoms with Gasteiger partial charge in [-0.3, -0.25) is 15.1 Å². The Hall–Kier alpha value is -3.43. The molecule has 33 heavy (non-hydrogen) atoms. The van der Waals surface area contributed by atoms with Gasteiger partial charge >= 0.3 is 0 Å². The van der Waals surface area contributed by atoms with Crippen LogP contribution in [0.1, 0.15) is 41.3 Å². The lowest BCUT2D eigenvalue weighted by atomic mass is 9.78. The summed E-state index contributed by atoms with van der Waals surface area (Å²) < 4.78 is 0. The standard InChI is InChI=1S/C27H28N4OS/c1-18-10-12-19(13-11-18)6-5-9-23-25(32)31(3)26(29)30-27(23,2)24-15-22(17-33-24)21-8-4-7-20(14-21)16-28/h4,7-8,10-15,17,23H,5-6,9H2,1-3H3,(H2,29,30)/t23?,27-/m0/s1. The van der Waals surface area contributed by atoms with E-state index in [1.807, 2.05) is 25.1 Å². The quantitative estimate of drug-likeness (QED) is 0.518. The van der Waals surface area contributed by atoms with Crippen LogP contribution in [0, 0.1) is 29.6 Å². The highest BCUT2D eigenvalue weighted by molar-refractivity contribution is 7.10. The van der Waals surface area contributed by atoms with Crippen LogP contribution < -0.4 is 5.32 Å². The van der Waals surface area contributed by atoms with E-state index in [9.17, 15) is 10.1 Å². The highest BCUT2D eigenvalue weighted by Gasteiger charge is 2.47. The Labute approximate surface area is 199 Å². The molecule has 0 bridgehead atoms. The van der Waals surface area contributed by atoms with Crippen molar-refractivity contribution in [1.29, 1.82) is 10.7 Å². The summed E-state index contributed by atoms with van der Waals surface area (Å²) in [6.07, 6.45) is 2.53. The second-order valence-corrected chi connectivity index (χ2v) is 9.81. The highest BCUT2D eigenvalue weighted by atomic mass is 32.1. The number of hydrogen-bond donors (Lipinski definition) is 2. The van der Waals surface area contributed by atoms with Crippen LogP contribution in [0.2, 0.25) is 0 Å². The molecule has 2 atom stereocenters. The van der Waals surface area contributed by atoms with Crippen molar-refractivity contribution in [3.8, 4) is 17.2 Å². The van der Waals surface area contributed by atoms with Gasteiger partial charge in [0, 0.05) is 11.9 Å². The number of rotatable bonds is 6. The fourth-order valence-corrected chi connectivity index (χ4v) is 5.54. The van der Waals surface area contributed by atoms with Crippen molar-refractivity contribution < 1.29 is 4.79 Å². The molecule has 1 aliphatic heterocycles. The van der Waals surface area contributed by atoms with Crippen LogP contribution in [-0.4, -0.2) is 23.8 Å². The zero-order valence-corrected chi connectivity index (χ0v) is 20.0. The molecule has 1 aromatic heterocycles. The molecule has 4 rings (SSSR count). The molecule has 0 saturated carbocycles. The summed E-state index contributed by atoms with van der Waals surface area (Å²) in [5, 5.41) is 23.0. The Morgan fingerprint density at radius 1 is 1.18 bits per heavy atom. The van der Waals surface area contributed by atoms with E-state index in [1.165, 1.54) is 16.0 Å². The van der Waals surface area contributed by atoms with Crippen molar-refractivity contribution in [1.82, 2.24) is 10.2 Å². The Kier molecular flexibility index (Phi) is 6.35. The van der Waals surface area contributed by atoms with Gasteiger partial charge in [-0.2, -0.15) is 5.26 Å². The zero-order chi connectivity index (χ0) is 23.6. The van der Waals surface area contributed by atoms with Gasteiger partial charge < -0.3 is 5.32 Å². The number of nitrogens with zero attached hydrogens (tertiary/aromatic N) is 2. The van der Waals surface area contributed by atoms with Crippen LogP contribution in [0.4, 0.5) is 0 Å². The molecule has 1 aliphatic rings. The Morgan fingerprint density at radius 3 is 2.67 bits per heavy atom. The van der Waals surface area contributed by atoms with Gasteiger partial charge in [-0.05, 0) is 73.4 Å². The number of nitrogens with one attached hydrogen (secondary N) is 2. The Balaban J connectivity index is 1.60. The monoisotopic (exact) mass is 456 g/mol. The molecule has 2 heterocycles. The summed E-state index contributed by atoms with van der Waals surface area (Å²) in [6.45, 7) is 4.11. The van der Waals surface area contributed by atoms with Crippen LogP contribution in [-0.2, 0) is 16.8 Å². The predicted molar refractivity (Wildman–Crippen MR) is 133 cm³/mol. The smallest absolute Gasteiger partial charge is 0.234 e. The van der Waals surface area contributed by atoms with Crippen LogP contribution in [0.25, 0.3) is 11.1 Å². The molecule has 2 N–H and O–H groups in total. The fraction of sp³-hybridized carbons (Fsp3) is 0.296. The van der Waals surface area contributed by atoms with E-state index in [4.69, 9.17) is 5.41 Å². The van der Waals surface area contributed by atoms with Crippen LogP contribution in [0.15, 0.2) is 60.0 Å². The van der Waals surface area contributed by atoms with E-state index in [0.717, 1.165) is 35.3 Å². The van der Waals surface area contributed by atoms with Gasteiger partial charge in [-0.25, -0.2) is 0 Å². The molecular formula is C27H28N4OS. The van der Waals surface area contributed by atoms with Gasteiger partial charge in [0.05, 0.1) is 23.1 Å². The number of guanidine groups is 1. The lowest BCUT2D eigenvalue weighted by molar-refractivity contribution is -0.135. The minimum Gasteiger partial charge on any atom is -0.345 e. The molecular weight excluding hydrogens is 428 g/mol. The van der Waals surface area contributed by atoms with Gasteiger partial charge in [0.15, 0.2) is 5.96 Å². The van der Waals surface area contributed by atoms with E-state index in [0.29, 0.717) is 5.56 Å². The molecule has 3 aromatic rings. The first-order chi connectivity index (χ1) is 15.8. The normalized spacial score (nSPS) is 20.4. The maximum Gasteiger partial charge on any atom is 0.234 e. The molecule has 1 amide bonds. The second kappa shape index (κ2) is 9.21. The molecule has 6 heteroatoms. The van der Waals surface area contributed by atoms with Crippen molar-refractivity contribution in [2.45, 2.75) is 38.6 Å². The molecule has 0 spiro atoms. The lowest BCUT2D eigenvalue weighted by Gasteiger charge is -2.45. The second-order valence-electron chi connectivity index (χ2n) is 8.90. The molecule has 1 fully saturated rings. The number of carbonyl (C=O) groups is 1. The SMILES string of the molecule is Cc1ccc(CCCC2C(=O)N(C)C(=N)N[C@]2(C)c2cc(-c3cccc(C#N)c3)cs2)cc1. The van der Waals surface area contributed by atoms with E-state index in [-0.39, 0.29) is 17.8 Å². The van der Waals surface area contributed by atoms with E-state index in [2.05, 4.69) is 54.0 Å². The highest BCUT2D eigenvalue weighted by Crippen LogP contribution is 2.41. The molecule has 0 radical (unpaired) electrons. The first-order valence-corrected chi connectivity index (χ1v) is 12.0. The summed E-state index contributed by atoms with van der Waals surface area (Å²) in [4.78, 5) is 15.7. The lowest BCUT2D eigenvalue weighted by Crippen LogP contribution is -2.63. The van der Waals surface area contributed by atoms with Crippen molar-refractivity contribution in [2.75, 3.05) is 7.05 Å². The summed E-state index contributed by atoms with van der Waals surface area (Å²) in [5.41, 5.74) is 4.47. The number of aryl methyl sites for hydroxylation is 2. The average Bonchev–Trinajstić information content (AvgIpc) is 3.32. The molecule has 168 valence electrons. The van der Waals surface area contributed by atoms with Crippen LogP contribution in [0.5, 0.6) is 0 Å². The van der Waals surface area contributed by atoms with Gasteiger partial charge in [-0.1, -0.05) is 42.0 Å². The average molecular weight is 457 g/mol. The first-order valence-electron chi connectivity index (χ1n) is 11.1. The van der Waals surface area contributed by atoms with Gasteiger partial charge in [0.1, 0.15) is 0 Å². The Bertz CT molecular complexity index is 1220. The maximum atomic E-state index is 13.3. The van der Waals surface area contributed by atoms with E-state index in [1.54, 1.807) is 24.5 Å². The summed E-state index contributed by atoms with van der Waals surface area (Å²) >= 11 is 1.59. The molecule has 5 nitrogen and oxygen atoms in total. The van der Waals surface area contributed by atoms with Gasteiger partial charge in [0.25, 0.3) is 0 Å². The van der Waals surface area contributed by atoms with Crippen molar-refractivity contribution in [2.24, 2.45) is 5.92 Å². The number of benzene rings is 2. The summed E-state index contributed by atoms with van der Waals surface area (Å²) in [5.74, 6) is -0.177. The van der Waals surface area contributed by atoms with Gasteiger partial charge in [0.2, 0.25) is 5.91 Å². The Morgan fingerprint density at radius 2 is 1.94 bits per heavy atom. The topological polar surface area (TPSA) is 80.0 Å². The molecule has 1 unspecified atom stereocenters. The predicted octanol–water partition coefficient (Wildman–Crippen LogP) is 5.45. The van der Waals surface area contributed by atoms with Crippen molar-refractivity contribution in [3.63, 3.8) is 0 Å². The summed E-state index contributed by atoms with van der Waals surface area (Å²) in [7, 11) is 1.66. The summed E-state index contributed by atoms with van der Waals surface area (Å²) in [6, 6.07) is 20.4. The number of nitriles is 1. The largest absolute Gasteiger partial charge is 0.345 e. The number of hydrogen-bond acceptors (Lipinski definition) is 4.